The fraction of sp³-hybridized carbons (Fsp3) is 0.200. The third-order valence-electron chi connectivity index (χ3n) is 3.50. The zero-order valence-electron chi connectivity index (χ0n) is 10.8. The third-order valence-corrected chi connectivity index (χ3v) is 5.19. The molecule has 2 aromatic rings. The smallest absolute Gasteiger partial charge is 0.261 e. The molecule has 0 aromatic heterocycles. The van der Waals surface area contributed by atoms with Crippen LogP contribution < -0.4 is 4.72 Å². The topological polar surface area (TPSA) is 46.2 Å². The fourth-order valence-corrected chi connectivity index (χ4v) is 3.83. The second-order valence-corrected chi connectivity index (χ2v) is 6.96. The van der Waals surface area contributed by atoms with Crippen LogP contribution in [0, 0.1) is 0 Å². The van der Waals surface area contributed by atoms with Crippen LogP contribution in [0.1, 0.15) is 17.5 Å². The quantitative estimate of drug-likeness (QED) is 0.941. The van der Waals surface area contributed by atoms with E-state index in [1.54, 1.807) is 36.4 Å². The minimum atomic E-state index is -3.59. The van der Waals surface area contributed by atoms with Crippen LogP contribution in [0.3, 0.4) is 0 Å². The number of halogens is 1. The Balaban J connectivity index is 1.94. The molecule has 0 unspecified atom stereocenters. The van der Waals surface area contributed by atoms with E-state index >= 15 is 0 Å². The van der Waals surface area contributed by atoms with E-state index in [2.05, 4.69) is 4.72 Å². The predicted molar refractivity (Wildman–Crippen MR) is 80.7 cm³/mol. The molecule has 0 heterocycles. The number of hydrogen-bond donors (Lipinski definition) is 1. The summed E-state index contributed by atoms with van der Waals surface area (Å²) in [5.41, 5.74) is 2.78. The van der Waals surface area contributed by atoms with E-state index in [1.807, 2.05) is 6.07 Å². The van der Waals surface area contributed by atoms with Crippen LogP contribution in [-0.4, -0.2) is 8.42 Å². The summed E-state index contributed by atoms with van der Waals surface area (Å²) in [6.07, 6.45) is 3.08. The molecule has 0 radical (unpaired) electrons. The molecule has 1 aliphatic carbocycles. The van der Waals surface area contributed by atoms with E-state index in [0.717, 1.165) is 24.8 Å². The number of para-hydroxylation sites is 1. The molecule has 0 bridgehead atoms. The van der Waals surface area contributed by atoms with Crippen LogP contribution >= 0.6 is 11.6 Å². The maximum Gasteiger partial charge on any atom is 0.261 e. The van der Waals surface area contributed by atoms with Gasteiger partial charge < -0.3 is 0 Å². The zero-order valence-corrected chi connectivity index (χ0v) is 12.3. The van der Waals surface area contributed by atoms with Crippen LogP contribution in [0.2, 0.25) is 5.02 Å². The molecule has 104 valence electrons. The van der Waals surface area contributed by atoms with Crippen molar-refractivity contribution in [2.45, 2.75) is 24.2 Å². The molecule has 3 rings (SSSR count). The summed E-state index contributed by atoms with van der Waals surface area (Å²) in [4.78, 5) is 0.290. The molecule has 2 aromatic carbocycles. The molecule has 0 aliphatic heterocycles. The number of aryl methyl sites for hydroxylation is 2. The van der Waals surface area contributed by atoms with E-state index in [4.69, 9.17) is 11.6 Å². The van der Waals surface area contributed by atoms with Gasteiger partial charge in [0.15, 0.2) is 0 Å². The van der Waals surface area contributed by atoms with Crippen molar-refractivity contribution >= 4 is 27.3 Å². The average Bonchev–Trinajstić information content (AvgIpc) is 2.88. The van der Waals surface area contributed by atoms with Crippen LogP contribution in [0.15, 0.2) is 47.4 Å². The van der Waals surface area contributed by atoms with Crippen molar-refractivity contribution < 1.29 is 8.42 Å². The van der Waals surface area contributed by atoms with Crippen LogP contribution in [-0.2, 0) is 22.9 Å². The Kier molecular flexibility index (Phi) is 3.44. The van der Waals surface area contributed by atoms with E-state index in [9.17, 15) is 8.42 Å². The highest BCUT2D eigenvalue weighted by Gasteiger charge is 2.19. The summed E-state index contributed by atoms with van der Waals surface area (Å²) in [6, 6.07) is 12.1. The van der Waals surface area contributed by atoms with Gasteiger partial charge in [-0.1, -0.05) is 29.8 Å². The number of hydrogen-bond acceptors (Lipinski definition) is 2. The summed E-state index contributed by atoms with van der Waals surface area (Å²) >= 11 is 5.98. The van der Waals surface area contributed by atoms with Gasteiger partial charge in [0.05, 0.1) is 15.6 Å². The minimum Gasteiger partial charge on any atom is -0.278 e. The van der Waals surface area contributed by atoms with Gasteiger partial charge in [-0.3, -0.25) is 4.72 Å². The molecule has 0 fully saturated rings. The molecule has 5 heteroatoms. The molecule has 1 aliphatic rings. The SMILES string of the molecule is O=S(=O)(Nc1ccccc1Cl)c1ccc2c(c1)CCC2. The first-order valence-corrected chi connectivity index (χ1v) is 8.31. The Morgan fingerprint density at radius 2 is 1.75 bits per heavy atom. The number of fused-ring (bicyclic) bond motifs is 1. The Labute approximate surface area is 123 Å². The second kappa shape index (κ2) is 5.11. The maximum absolute atomic E-state index is 12.4. The first kappa shape index (κ1) is 13.5. The Hall–Kier alpha value is -1.52. The molecular formula is C15H14ClNO2S. The Bertz CT molecular complexity index is 756. The van der Waals surface area contributed by atoms with Crippen molar-refractivity contribution in [3.05, 3.63) is 58.6 Å². The van der Waals surface area contributed by atoms with Crippen molar-refractivity contribution in [2.75, 3.05) is 4.72 Å². The lowest BCUT2D eigenvalue weighted by molar-refractivity contribution is 0.601. The van der Waals surface area contributed by atoms with Crippen LogP contribution in [0.5, 0.6) is 0 Å². The van der Waals surface area contributed by atoms with Crippen molar-refractivity contribution in [2.24, 2.45) is 0 Å². The number of anilines is 1. The summed E-state index contributed by atoms with van der Waals surface area (Å²) in [7, 11) is -3.59. The standard InChI is InChI=1S/C15H14ClNO2S/c16-14-6-1-2-7-15(14)17-20(18,19)13-9-8-11-4-3-5-12(11)10-13/h1-2,6-10,17H,3-5H2. The van der Waals surface area contributed by atoms with Gasteiger partial charge in [-0.15, -0.1) is 0 Å². The largest absolute Gasteiger partial charge is 0.278 e. The fourth-order valence-electron chi connectivity index (χ4n) is 2.46. The lowest BCUT2D eigenvalue weighted by Gasteiger charge is -2.10. The number of rotatable bonds is 3. The zero-order chi connectivity index (χ0) is 14.2. The highest BCUT2D eigenvalue weighted by atomic mass is 35.5. The van der Waals surface area contributed by atoms with E-state index in [0.29, 0.717) is 10.7 Å². The first-order valence-electron chi connectivity index (χ1n) is 6.45. The van der Waals surface area contributed by atoms with Gasteiger partial charge in [0, 0.05) is 0 Å². The van der Waals surface area contributed by atoms with Crippen molar-refractivity contribution in [1.29, 1.82) is 0 Å². The van der Waals surface area contributed by atoms with Gasteiger partial charge >= 0.3 is 0 Å². The summed E-state index contributed by atoms with van der Waals surface area (Å²) in [5.74, 6) is 0. The third kappa shape index (κ3) is 2.53. The van der Waals surface area contributed by atoms with Gasteiger partial charge in [0.25, 0.3) is 10.0 Å². The lowest BCUT2D eigenvalue weighted by Crippen LogP contribution is -2.13. The molecule has 0 saturated heterocycles. The van der Waals surface area contributed by atoms with Gasteiger partial charge in [-0.05, 0) is 54.7 Å². The minimum absolute atomic E-state index is 0.290. The van der Waals surface area contributed by atoms with Crippen LogP contribution in [0.4, 0.5) is 5.69 Å². The van der Waals surface area contributed by atoms with Gasteiger partial charge in [0.2, 0.25) is 0 Å². The average molecular weight is 308 g/mol. The Morgan fingerprint density at radius 1 is 1.00 bits per heavy atom. The molecule has 1 N–H and O–H groups in total. The molecule has 0 saturated carbocycles. The molecule has 3 nitrogen and oxygen atoms in total. The lowest BCUT2D eigenvalue weighted by atomic mass is 10.1. The second-order valence-electron chi connectivity index (χ2n) is 4.87. The van der Waals surface area contributed by atoms with Gasteiger partial charge in [-0.25, -0.2) is 8.42 Å². The van der Waals surface area contributed by atoms with Crippen LogP contribution in [0.25, 0.3) is 0 Å². The summed E-state index contributed by atoms with van der Waals surface area (Å²) in [6.45, 7) is 0. The highest BCUT2D eigenvalue weighted by Crippen LogP contribution is 2.27. The molecular weight excluding hydrogens is 294 g/mol. The van der Waals surface area contributed by atoms with E-state index < -0.39 is 10.0 Å². The highest BCUT2D eigenvalue weighted by molar-refractivity contribution is 7.92. The summed E-state index contributed by atoms with van der Waals surface area (Å²) < 4.78 is 27.3. The first-order chi connectivity index (χ1) is 9.56. The summed E-state index contributed by atoms with van der Waals surface area (Å²) in [5, 5.41) is 0.386. The van der Waals surface area contributed by atoms with Crippen molar-refractivity contribution in [1.82, 2.24) is 0 Å². The van der Waals surface area contributed by atoms with E-state index in [1.165, 1.54) is 5.56 Å². The van der Waals surface area contributed by atoms with E-state index in [-0.39, 0.29) is 4.90 Å². The number of nitrogens with one attached hydrogen (secondary N) is 1. The molecule has 0 atom stereocenters. The van der Waals surface area contributed by atoms with Crippen molar-refractivity contribution in [3.63, 3.8) is 0 Å². The number of benzene rings is 2. The van der Waals surface area contributed by atoms with Gasteiger partial charge in [-0.2, -0.15) is 0 Å². The molecule has 0 spiro atoms. The predicted octanol–water partition coefficient (Wildman–Crippen LogP) is 3.63. The molecule has 20 heavy (non-hydrogen) atoms. The normalized spacial score (nSPS) is 14.1. The number of sulfonamides is 1. The molecule has 0 amide bonds. The maximum atomic E-state index is 12.4. The monoisotopic (exact) mass is 307 g/mol. The Morgan fingerprint density at radius 3 is 2.55 bits per heavy atom. The van der Waals surface area contributed by atoms with Crippen molar-refractivity contribution in [3.8, 4) is 0 Å². The van der Waals surface area contributed by atoms with Gasteiger partial charge in [0.1, 0.15) is 0 Å².